The minimum Gasteiger partial charge on any atom is -0.312 e. The Morgan fingerprint density at radius 3 is 2.67 bits per heavy atom. The highest BCUT2D eigenvalue weighted by Gasteiger charge is 2.27. The van der Waals surface area contributed by atoms with Crippen LogP contribution in [0.25, 0.3) is 0 Å². The first-order valence-corrected chi connectivity index (χ1v) is 7.59. The molecule has 118 valence electrons. The van der Waals surface area contributed by atoms with Crippen LogP contribution in [0, 0.1) is 0 Å². The fourth-order valence-corrected chi connectivity index (χ4v) is 2.82. The lowest BCUT2D eigenvalue weighted by molar-refractivity contribution is -0.136. The second-order valence-electron chi connectivity index (χ2n) is 5.71. The molecular weight excluding hydrogens is 277 g/mol. The van der Waals surface area contributed by atoms with Crippen LogP contribution in [0.2, 0.25) is 0 Å². The summed E-state index contributed by atoms with van der Waals surface area (Å²) in [5.74, 6) is 0. The van der Waals surface area contributed by atoms with Crippen LogP contribution in [-0.2, 0) is 6.42 Å². The molecule has 5 heteroatoms. The molecule has 1 aliphatic rings. The summed E-state index contributed by atoms with van der Waals surface area (Å²) in [4.78, 5) is 2.17. The maximum atomic E-state index is 12.2. The minimum absolute atomic E-state index is 0.196. The van der Waals surface area contributed by atoms with E-state index in [1.54, 1.807) is 0 Å². The molecule has 0 bridgehead atoms. The van der Waals surface area contributed by atoms with Gasteiger partial charge < -0.3 is 10.2 Å². The van der Waals surface area contributed by atoms with Crippen molar-refractivity contribution < 1.29 is 13.2 Å². The average molecular weight is 300 g/mol. The zero-order chi connectivity index (χ0) is 15.1. The van der Waals surface area contributed by atoms with Crippen molar-refractivity contribution in [3.8, 4) is 0 Å². The summed E-state index contributed by atoms with van der Waals surface area (Å²) < 4.78 is 36.7. The van der Waals surface area contributed by atoms with Gasteiger partial charge in [0.15, 0.2) is 0 Å². The molecule has 0 aromatic heterocycles. The minimum atomic E-state index is -4.03. The lowest BCUT2D eigenvalue weighted by Crippen LogP contribution is -2.39. The Bertz CT molecular complexity index is 406. The van der Waals surface area contributed by atoms with Gasteiger partial charge in [0, 0.05) is 19.0 Å². The molecule has 0 radical (unpaired) electrons. The summed E-state index contributed by atoms with van der Waals surface area (Å²) in [6.07, 6.45) is -2.59. The van der Waals surface area contributed by atoms with Crippen molar-refractivity contribution in [3.63, 3.8) is 0 Å². The maximum absolute atomic E-state index is 12.2. The Hall–Kier alpha value is -1.07. The van der Waals surface area contributed by atoms with Gasteiger partial charge in [-0.05, 0) is 44.5 Å². The second kappa shape index (κ2) is 7.80. The van der Waals surface area contributed by atoms with E-state index in [0.29, 0.717) is 12.6 Å². The molecule has 1 saturated heterocycles. The Kier molecular flexibility index (Phi) is 6.06. The number of alkyl halides is 3. The van der Waals surface area contributed by atoms with Gasteiger partial charge in [-0.3, -0.25) is 0 Å². The van der Waals surface area contributed by atoms with E-state index in [-0.39, 0.29) is 6.42 Å². The van der Waals surface area contributed by atoms with Crippen LogP contribution in [0.1, 0.15) is 24.8 Å². The normalized spacial score (nSPS) is 21.2. The number of halogens is 3. The first kappa shape index (κ1) is 16.3. The number of hydrogen-bond acceptors (Lipinski definition) is 2. The molecule has 0 saturated carbocycles. The van der Waals surface area contributed by atoms with E-state index >= 15 is 0 Å². The molecule has 1 heterocycles. The third-order valence-electron chi connectivity index (χ3n) is 3.82. The molecule has 1 aromatic carbocycles. The van der Waals surface area contributed by atoms with Gasteiger partial charge >= 0.3 is 6.18 Å². The van der Waals surface area contributed by atoms with Crippen LogP contribution in [0.5, 0.6) is 0 Å². The molecule has 1 aromatic rings. The molecule has 21 heavy (non-hydrogen) atoms. The molecular formula is C16H23F3N2. The van der Waals surface area contributed by atoms with E-state index in [0.717, 1.165) is 32.5 Å². The lowest BCUT2D eigenvalue weighted by Gasteiger charge is -2.24. The molecule has 2 rings (SSSR count). The molecule has 0 spiro atoms. The molecule has 1 fully saturated rings. The van der Waals surface area contributed by atoms with Crippen LogP contribution in [-0.4, -0.2) is 43.3 Å². The highest BCUT2D eigenvalue weighted by Crippen LogP contribution is 2.21. The van der Waals surface area contributed by atoms with Gasteiger partial charge in [0.25, 0.3) is 0 Å². The topological polar surface area (TPSA) is 15.3 Å². The van der Waals surface area contributed by atoms with E-state index in [9.17, 15) is 13.2 Å². The Labute approximate surface area is 124 Å². The van der Waals surface area contributed by atoms with Gasteiger partial charge in [-0.25, -0.2) is 0 Å². The van der Waals surface area contributed by atoms with Crippen molar-refractivity contribution in [3.05, 3.63) is 35.9 Å². The van der Waals surface area contributed by atoms with Gasteiger partial charge in [-0.15, -0.1) is 0 Å². The zero-order valence-electron chi connectivity index (χ0n) is 12.2. The standard InChI is InChI=1S/C16H23F3N2/c17-16(18,19)8-4-10-21-11-5-9-20-15(13-21)12-14-6-2-1-3-7-14/h1-3,6-7,15,20H,4-5,8-13H2. The SMILES string of the molecule is FC(F)(F)CCCN1CCCNC(Cc2ccccc2)C1. The van der Waals surface area contributed by atoms with E-state index < -0.39 is 12.6 Å². The van der Waals surface area contributed by atoms with Gasteiger partial charge in [0.2, 0.25) is 0 Å². The van der Waals surface area contributed by atoms with E-state index in [1.165, 1.54) is 5.56 Å². The summed E-state index contributed by atoms with van der Waals surface area (Å²) in [5.41, 5.74) is 1.27. The smallest absolute Gasteiger partial charge is 0.312 e. The summed E-state index contributed by atoms with van der Waals surface area (Å²) in [7, 11) is 0. The molecule has 1 atom stereocenters. The number of rotatable bonds is 5. The first-order chi connectivity index (χ1) is 10.0. The molecule has 1 unspecified atom stereocenters. The predicted molar refractivity (Wildman–Crippen MR) is 78.3 cm³/mol. The maximum Gasteiger partial charge on any atom is 0.389 e. The van der Waals surface area contributed by atoms with E-state index in [1.807, 2.05) is 18.2 Å². The van der Waals surface area contributed by atoms with E-state index in [4.69, 9.17) is 0 Å². The van der Waals surface area contributed by atoms with Gasteiger partial charge in [0.1, 0.15) is 0 Å². The van der Waals surface area contributed by atoms with Crippen molar-refractivity contribution in [2.24, 2.45) is 0 Å². The molecule has 1 N–H and O–H groups in total. The Morgan fingerprint density at radius 2 is 1.95 bits per heavy atom. The van der Waals surface area contributed by atoms with Crippen molar-refractivity contribution in [1.29, 1.82) is 0 Å². The largest absolute Gasteiger partial charge is 0.389 e. The Balaban J connectivity index is 1.80. The monoisotopic (exact) mass is 300 g/mol. The highest BCUT2D eigenvalue weighted by molar-refractivity contribution is 5.16. The molecule has 0 amide bonds. The van der Waals surface area contributed by atoms with Crippen molar-refractivity contribution in [1.82, 2.24) is 10.2 Å². The average Bonchev–Trinajstić information content (AvgIpc) is 2.64. The van der Waals surface area contributed by atoms with Crippen molar-refractivity contribution in [2.45, 2.75) is 37.9 Å². The van der Waals surface area contributed by atoms with Crippen molar-refractivity contribution in [2.75, 3.05) is 26.2 Å². The number of nitrogens with zero attached hydrogens (tertiary/aromatic N) is 1. The molecule has 2 nitrogen and oxygen atoms in total. The van der Waals surface area contributed by atoms with Crippen LogP contribution >= 0.6 is 0 Å². The second-order valence-corrected chi connectivity index (χ2v) is 5.71. The van der Waals surface area contributed by atoms with Crippen LogP contribution in [0.15, 0.2) is 30.3 Å². The third-order valence-corrected chi connectivity index (χ3v) is 3.82. The number of nitrogens with one attached hydrogen (secondary N) is 1. The summed E-state index contributed by atoms with van der Waals surface area (Å²) in [6, 6.07) is 10.6. The van der Waals surface area contributed by atoms with E-state index in [2.05, 4.69) is 22.3 Å². The summed E-state index contributed by atoms with van der Waals surface area (Å²) in [5, 5.41) is 3.50. The van der Waals surface area contributed by atoms with Crippen molar-refractivity contribution >= 4 is 0 Å². The van der Waals surface area contributed by atoms with Crippen LogP contribution in [0.3, 0.4) is 0 Å². The number of hydrogen-bond donors (Lipinski definition) is 1. The number of benzene rings is 1. The van der Waals surface area contributed by atoms with Gasteiger partial charge in [0.05, 0.1) is 0 Å². The van der Waals surface area contributed by atoms with Crippen LogP contribution < -0.4 is 5.32 Å². The predicted octanol–water partition coefficient (Wildman–Crippen LogP) is 3.24. The highest BCUT2D eigenvalue weighted by atomic mass is 19.4. The first-order valence-electron chi connectivity index (χ1n) is 7.59. The van der Waals surface area contributed by atoms with Gasteiger partial charge in [-0.2, -0.15) is 13.2 Å². The van der Waals surface area contributed by atoms with Gasteiger partial charge in [-0.1, -0.05) is 30.3 Å². The Morgan fingerprint density at radius 1 is 1.19 bits per heavy atom. The fraction of sp³-hybridized carbons (Fsp3) is 0.625. The lowest BCUT2D eigenvalue weighted by atomic mass is 10.1. The molecule has 1 aliphatic heterocycles. The van der Waals surface area contributed by atoms with Crippen LogP contribution in [0.4, 0.5) is 13.2 Å². The third kappa shape index (κ3) is 6.48. The quantitative estimate of drug-likeness (QED) is 0.898. The summed E-state index contributed by atoms with van der Waals surface area (Å²) >= 11 is 0. The fourth-order valence-electron chi connectivity index (χ4n) is 2.82. The zero-order valence-corrected chi connectivity index (χ0v) is 12.2. The molecule has 0 aliphatic carbocycles. The summed E-state index contributed by atoms with van der Waals surface area (Å²) in [6.45, 7) is 3.18.